The van der Waals surface area contributed by atoms with Gasteiger partial charge in [0.1, 0.15) is 0 Å². The van der Waals surface area contributed by atoms with E-state index in [0.717, 1.165) is 38.1 Å². The first-order valence-corrected chi connectivity index (χ1v) is 10.4. The van der Waals surface area contributed by atoms with Crippen LogP contribution in [0.15, 0.2) is 23.6 Å². The summed E-state index contributed by atoms with van der Waals surface area (Å²) in [5.41, 5.74) is 0.982. The number of rotatable bonds is 6. The molecule has 8 heteroatoms. The van der Waals surface area contributed by atoms with Crippen molar-refractivity contribution in [1.82, 2.24) is 15.2 Å². The van der Waals surface area contributed by atoms with Crippen molar-refractivity contribution in [1.29, 1.82) is 0 Å². The Labute approximate surface area is 168 Å². The first-order valence-electron chi connectivity index (χ1n) is 9.55. The summed E-state index contributed by atoms with van der Waals surface area (Å²) in [4.78, 5) is 19.1. The average Bonchev–Trinajstić information content (AvgIpc) is 3.12. The van der Waals surface area contributed by atoms with Crippen molar-refractivity contribution in [2.24, 2.45) is 0 Å². The highest BCUT2D eigenvalue weighted by atomic mass is 32.1. The van der Waals surface area contributed by atoms with Crippen molar-refractivity contribution in [3.05, 3.63) is 35.2 Å². The van der Waals surface area contributed by atoms with Gasteiger partial charge in [0, 0.05) is 36.1 Å². The van der Waals surface area contributed by atoms with Gasteiger partial charge in [-0.3, -0.25) is 9.69 Å². The van der Waals surface area contributed by atoms with Crippen molar-refractivity contribution in [2.45, 2.75) is 51.7 Å². The van der Waals surface area contributed by atoms with Crippen molar-refractivity contribution in [2.75, 3.05) is 18.4 Å². The van der Waals surface area contributed by atoms with Crippen LogP contribution in [0.1, 0.15) is 33.6 Å². The first-order chi connectivity index (χ1) is 13.3. The molecule has 28 heavy (non-hydrogen) atoms. The number of hydrogen-bond acceptors (Lipinski definition) is 5. The Morgan fingerprint density at radius 2 is 1.93 bits per heavy atom. The summed E-state index contributed by atoms with van der Waals surface area (Å²) in [7, 11) is 0. The minimum atomic E-state index is -0.917. The molecule has 1 unspecified atom stereocenters. The number of halogens is 2. The molecule has 152 valence electrons. The van der Waals surface area contributed by atoms with E-state index in [1.807, 2.05) is 6.92 Å². The molecule has 2 heterocycles. The van der Waals surface area contributed by atoms with E-state index < -0.39 is 11.6 Å². The number of aromatic nitrogens is 1. The number of anilines is 1. The lowest BCUT2D eigenvalue weighted by Gasteiger charge is -2.36. The van der Waals surface area contributed by atoms with Crippen molar-refractivity contribution < 1.29 is 13.6 Å². The number of benzene rings is 1. The summed E-state index contributed by atoms with van der Waals surface area (Å²) in [5.74, 6) is -1.92. The lowest BCUT2D eigenvalue weighted by Crippen LogP contribution is -2.50. The third kappa shape index (κ3) is 5.12. The van der Waals surface area contributed by atoms with Gasteiger partial charge in [0.25, 0.3) is 0 Å². The van der Waals surface area contributed by atoms with Gasteiger partial charge in [0.2, 0.25) is 5.91 Å². The van der Waals surface area contributed by atoms with Crippen LogP contribution in [0.25, 0.3) is 11.3 Å². The molecule has 0 radical (unpaired) electrons. The van der Waals surface area contributed by atoms with E-state index in [1.165, 1.54) is 17.4 Å². The molecule has 1 saturated heterocycles. The number of carbonyl (C=O) groups is 1. The quantitative estimate of drug-likeness (QED) is 0.762. The second-order valence-corrected chi connectivity index (χ2v) is 8.32. The fourth-order valence-electron chi connectivity index (χ4n) is 3.42. The van der Waals surface area contributed by atoms with Crippen LogP contribution in [0, 0.1) is 11.6 Å². The van der Waals surface area contributed by atoms with E-state index in [0.29, 0.717) is 28.5 Å². The minimum Gasteiger partial charge on any atom is -0.312 e. The summed E-state index contributed by atoms with van der Waals surface area (Å²) in [6, 6.07) is 4.36. The van der Waals surface area contributed by atoms with Crippen LogP contribution in [0.4, 0.5) is 13.9 Å². The molecule has 2 aromatic rings. The van der Waals surface area contributed by atoms with Crippen molar-refractivity contribution in [3.8, 4) is 11.3 Å². The highest BCUT2D eigenvalue weighted by molar-refractivity contribution is 7.14. The molecule has 1 aliphatic rings. The molecular formula is C20H26F2N4OS. The summed E-state index contributed by atoms with van der Waals surface area (Å²) in [6.07, 6.45) is 2.04. The summed E-state index contributed by atoms with van der Waals surface area (Å²) < 4.78 is 26.5. The Bertz CT molecular complexity index is 818. The molecule has 1 aliphatic heterocycles. The summed E-state index contributed by atoms with van der Waals surface area (Å²) in [5, 5.41) is 8.56. The maximum atomic E-state index is 13.4. The second-order valence-electron chi connectivity index (χ2n) is 7.46. The van der Waals surface area contributed by atoms with Gasteiger partial charge < -0.3 is 10.6 Å². The topological polar surface area (TPSA) is 57.3 Å². The zero-order valence-corrected chi connectivity index (χ0v) is 17.2. The number of thiazole rings is 1. The van der Waals surface area contributed by atoms with Gasteiger partial charge in [-0.1, -0.05) is 13.8 Å². The normalized spacial score (nSPS) is 17.1. The Hall–Kier alpha value is -1.90. The Kier molecular flexibility index (Phi) is 6.74. The predicted octanol–water partition coefficient (Wildman–Crippen LogP) is 3.88. The molecule has 1 atom stereocenters. The summed E-state index contributed by atoms with van der Waals surface area (Å²) in [6.45, 7) is 7.93. The highest BCUT2D eigenvalue weighted by Gasteiger charge is 2.27. The van der Waals surface area contributed by atoms with Gasteiger partial charge >= 0.3 is 0 Å². The number of piperidine rings is 1. The molecule has 1 aromatic heterocycles. The van der Waals surface area contributed by atoms with Crippen LogP contribution in [-0.4, -0.2) is 47.0 Å². The second kappa shape index (κ2) is 9.07. The van der Waals surface area contributed by atoms with Crippen LogP contribution >= 0.6 is 11.3 Å². The first kappa shape index (κ1) is 20.8. The smallest absolute Gasteiger partial charge is 0.243 e. The van der Waals surface area contributed by atoms with E-state index in [4.69, 9.17) is 0 Å². The number of hydrogen-bond donors (Lipinski definition) is 2. The molecule has 1 amide bonds. The molecule has 5 nitrogen and oxygen atoms in total. The zero-order valence-electron chi connectivity index (χ0n) is 16.3. The van der Waals surface area contributed by atoms with E-state index >= 15 is 0 Å². The largest absolute Gasteiger partial charge is 0.312 e. The molecular weight excluding hydrogens is 382 g/mol. The molecule has 3 rings (SSSR count). The van der Waals surface area contributed by atoms with Gasteiger partial charge in [0.15, 0.2) is 16.8 Å². The molecule has 0 aliphatic carbocycles. The van der Waals surface area contributed by atoms with Crippen molar-refractivity contribution >= 4 is 22.4 Å². The number of amides is 1. The molecule has 1 aromatic carbocycles. The van der Waals surface area contributed by atoms with Crippen LogP contribution in [0.3, 0.4) is 0 Å². The van der Waals surface area contributed by atoms with Gasteiger partial charge in [-0.15, -0.1) is 11.3 Å². The Morgan fingerprint density at radius 1 is 1.21 bits per heavy atom. The number of likely N-dealkylation sites (tertiary alicyclic amines) is 1. The monoisotopic (exact) mass is 408 g/mol. The lowest BCUT2D eigenvalue weighted by molar-refractivity contribution is -0.121. The standard InChI is InChI=1S/C20H26F2N4OS/c1-12(2)23-15-6-8-26(9-7-15)13(3)19(27)25-20-24-18(11-28-20)14-4-5-16(21)17(22)10-14/h4-5,10-13,15,23H,6-9H2,1-3H3,(H,24,25,27). The van der Waals surface area contributed by atoms with Crippen LogP contribution in [-0.2, 0) is 4.79 Å². The maximum absolute atomic E-state index is 13.4. The lowest BCUT2D eigenvalue weighted by atomic mass is 10.0. The van der Waals surface area contributed by atoms with E-state index in [2.05, 4.69) is 34.4 Å². The number of nitrogens with zero attached hydrogens (tertiary/aromatic N) is 2. The number of carbonyl (C=O) groups excluding carboxylic acids is 1. The van der Waals surface area contributed by atoms with Gasteiger partial charge in [-0.25, -0.2) is 13.8 Å². The van der Waals surface area contributed by atoms with Crippen LogP contribution in [0.2, 0.25) is 0 Å². The van der Waals surface area contributed by atoms with Gasteiger partial charge in [0.05, 0.1) is 11.7 Å². The zero-order chi connectivity index (χ0) is 20.3. The maximum Gasteiger partial charge on any atom is 0.243 e. The summed E-state index contributed by atoms with van der Waals surface area (Å²) >= 11 is 1.27. The average molecular weight is 409 g/mol. The van der Waals surface area contributed by atoms with Crippen LogP contribution < -0.4 is 10.6 Å². The molecule has 2 N–H and O–H groups in total. The fourth-order valence-corrected chi connectivity index (χ4v) is 4.14. The molecule has 0 bridgehead atoms. The van der Waals surface area contributed by atoms with Crippen LogP contribution in [0.5, 0.6) is 0 Å². The SMILES string of the molecule is CC(C)NC1CCN(C(C)C(=O)Nc2nc(-c3ccc(F)c(F)c3)cs2)CC1. The highest BCUT2D eigenvalue weighted by Crippen LogP contribution is 2.26. The third-order valence-electron chi connectivity index (χ3n) is 4.98. The van der Waals surface area contributed by atoms with Gasteiger partial charge in [-0.2, -0.15) is 0 Å². The molecule has 0 saturated carbocycles. The predicted molar refractivity (Wildman–Crippen MR) is 108 cm³/mol. The Balaban J connectivity index is 1.56. The molecule has 0 spiro atoms. The third-order valence-corrected chi connectivity index (χ3v) is 5.73. The van der Waals surface area contributed by atoms with E-state index in [1.54, 1.807) is 5.38 Å². The minimum absolute atomic E-state index is 0.110. The Morgan fingerprint density at radius 3 is 2.57 bits per heavy atom. The van der Waals surface area contributed by atoms with E-state index in [9.17, 15) is 13.6 Å². The fraction of sp³-hybridized carbons (Fsp3) is 0.500. The van der Waals surface area contributed by atoms with Gasteiger partial charge in [-0.05, 0) is 38.0 Å². The van der Waals surface area contributed by atoms with E-state index in [-0.39, 0.29) is 11.9 Å². The van der Waals surface area contributed by atoms with Crippen molar-refractivity contribution in [3.63, 3.8) is 0 Å². The number of nitrogens with one attached hydrogen (secondary N) is 2. The molecule has 1 fully saturated rings.